The van der Waals surface area contributed by atoms with Crippen LogP contribution >= 0.6 is 0 Å². The molecule has 0 heterocycles. The molecular weight excluding hydrogens is 314 g/mol. The van der Waals surface area contributed by atoms with E-state index in [1.54, 1.807) is 20.3 Å². The van der Waals surface area contributed by atoms with Gasteiger partial charge in [-0.05, 0) is 29.8 Å². The highest BCUT2D eigenvalue weighted by Gasteiger charge is 2.12. The normalized spacial score (nSPS) is 10.6. The lowest BCUT2D eigenvalue weighted by atomic mass is 10.2. The number of methoxy groups -OCH3 is 2. The van der Waals surface area contributed by atoms with Gasteiger partial charge in [0, 0.05) is 11.6 Å². The minimum absolute atomic E-state index is 0.362. The van der Waals surface area contributed by atoms with Crippen LogP contribution in [0.4, 0.5) is 5.69 Å². The molecule has 0 unspecified atom stereocenters. The van der Waals surface area contributed by atoms with Gasteiger partial charge in [-0.25, -0.2) is 0 Å². The van der Waals surface area contributed by atoms with Gasteiger partial charge >= 0.3 is 5.69 Å². The first-order chi connectivity index (χ1) is 11.5. The van der Waals surface area contributed by atoms with E-state index in [-0.39, 0.29) is 11.4 Å². The van der Waals surface area contributed by atoms with Crippen molar-refractivity contribution in [3.8, 4) is 17.2 Å². The summed E-state index contributed by atoms with van der Waals surface area (Å²) in [6, 6.07) is 9.53. The minimum atomic E-state index is -0.649. The number of nitro groups is 1. The number of hydrogen-bond donors (Lipinski definition) is 2. The number of ether oxygens (including phenoxy) is 2. The Hall–Kier alpha value is -3.29. The van der Waals surface area contributed by atoms with Gasteiger partial charge in [0.05, 0.1) is 31.9 Å². The second kappa shape index (κ2) is 7.82. The van der Waals surface area contributed by atoms with Crippen molar-refractivity contribution in [1.29, 1.82) is 0 Å². The van der Waals surface area contributed by atoms with Crippen molar-refractivity contribution >= 4 is 11.9 Å². The predicted octanol–water partition coefficient (Wildman–Crippen LogP) is 2.44. The zero-order valence-corrected chi connectivity index (χ0v) is 13.2. The zero-order valence-electron chi connectivity index (χ0n) is 13.2. The quantitative estimate of drug-likeness (QED) is 0.458. The Bertz CT molecular complexity index is 761. The maximum absolute atomic E-state index is 10.8. The van der Waals surface area contributed by atoms with Crippen molar-refractivity contribution in [3.63, 3.8) is 0 Å². The molecule has 0 aliphatic heterocycles. The molecule has 2 N–H and O–H groups in total. The van der Waals surface area contributed by atoms with E-state index in [1.807, 2.05) is 12.1 Å². The summed E-state index contributed by atoms with van der Waals surface area (Å²) in [5.74, 6) is 0.881. The molecule has 0 saturated carbocycles. The fourth-order valence-electron chi connectivity index (χ4n) is 2.01. The lowest BCUT2D eigenvalue weighted by molar-refractivity contribution is -0.385. The second-order valence-electron chi connectivity index (χ2n) is 4.79. The Morgan fingerprint density at radius 2 is 1.96 bits per heavy atom. The fraction of sp³-hybridized carbons (Fsp3) is 0.188. The van der Waals surface area contributed by atoms with E-state index in [4.69, 9.17) is 9.47 Å². The summed E-state index contributed by atoms with van der Waals surface area (Å²) >= 11 is 0. The molecule has 126 valence electrons. The number of nitrogens with one attached hydrogen (secondary N) is 1. The molecule has 24 heavy (non-hydrogen) atoms. The molecule has 0 radical (unpaired) electrons. The molecule has 8 nitrogen and oxygen atoms in total. The molecule has 0 aromatic heterocycles. The van der Waals surface area contributed by atoms with Crippen LogP contribution in [-0.4, -0.2) is 30.5 Å². The van der Waals surface area contributed by atoms with Gasteiger partial charge < -0.3 is 20.0 Å². The van der Waals surface area contributed by atoms with Gasteiger partial charge in [-0.15, -0.1) is 0 Å². The number of nitrogens with zero attached hydrogens (tertiary/aromatic N) is 2. The van der Waals surface area contributed by atoms with Crippen LogP contribution in [0.5, 0.6) is 17.2 Å². The van der Waals surface area contributed by atoms with Crippen molar-refractivity contribution in [2.45, 2.75) is 6.54 Å². The Balaban J connectivity index is 2.00. The Labute approximate surface area is 138 Å². The van der Waals surface area contributed by atoms with Gasteiger partial charge in [-0.1, -0.05) is 6.07 Å². The summed E-state index contributed by atoms with van der Waals surface area (Å²) in [5.41, 5.74) is 3.91. The SMILES string of the molecule is COc1ccc(CN/N=C\c2ccc(O)c([N+](=O)[O-])c2)cc1OC. The van der Waals surface area contributed by atoms with Crippen LogP contribution in [-0.2, 0) is 6.54 Å². The van der Waals surface area contributed by atoms with Crippen LogP contribution in [0.1, 0.15) is 11.1 Å². The molecule has 0 spiro atoms. The third kappa shape index (κ3) is 4.13. The molecule has 8 heteroatoms. The lowest BCUT2D eigenvalue weighted by Crippen LogP contribution is -2.06. The lowest BCUT2D eigenvalue weighted by Gasteiger charge is -2.09. The standard InChI is InChI=1S/C16H17N3O5/c1-23-15-6-4-12(8-16(15)24-2)10-18-17-9-11-3-5-14(20)13(7-11)19(21)22/h3-9,18,20H,10H2,1-2H3/b17-9-. The minimum Gasteiger partial charge on any atom is -0.502 e. The average molecular weight is 331 g/mol. The summed E-state index contributed by atoms with van der Waals surface area (Å²) in [4.78, 5) is 10.1. The average Bonchev–Trinajstić information content (AvgIpc) is 2.59. The predicted molar refractivity (Wildman–Crippen MR) is 88.7 cm³/mol. The number of nitro benzene ring substituents is 1. The van der Waals surface area contributed by atoms with Crippen molar-refractivity contribution < 1.29 is 19.5 Å². The van der Waals surface area contributed by atoms with Crippen LogP contribution in [0.2, 0.25) is 0 Å². The highest BCUT2D eigenvalue weighted by Crippen LogP contribution is 2.27. The molecule has 0 amide bonds. The number of aromatic hydroxyl groups is 1. The smallest absolute Gasteiger partial charge is 0.311 e. The highest BCUT2D eigenvalue weighted by atomic mass is 16.6. The molecule has 0 fully saturated rings. The highest BCUT2D eigenvalue weighted by molar-refractivity contribution is 5.81. The molecule has 0 aliphatic carbocycles. The first kappa shape index (κ1) is 17.1. The molecular formula is C16H17N3O5. The Kier molecular flexibility index (Phi) is 5.56. The number of phenols is 1. The van der Waals surface area contributed by atoms with Crippen molar-refractivity contribution in [2.75, 3.05) is 14.2 Å². The summed E-state index contributed by atoms with van der Waals surface area (Å²) in [5, 5.41) is 24.2. The fourth-order valence-corrected chi connectivity index (χ4v) is 2.01. The number of rotatable bonds is 7. The Morgan fingerprint density at radius 3 is 2.62 bits per heavy atom. The van der Waals surface area contributed by atoms with E-state index in [2.05, 4.69) is 10.5 Å². The molecule has 0 aliphatic rings. The van der Waals surface area contributed by atoms with Crippen LogP contribution in [0.3, 0.4) is 0 Å². The van der Waals surface area contributed by atoms with Crippen LogP contribution in [0.15, 0.2) is 41.5 Å². The van der Waals surface area contributed by atoms with E-state index in [0.717, 1.165) is 5.56 Å². The monoisotopic (exact) mass is 331 g/mol. The summed E-state index contributed by atoms with van der Waals surface area (Å²) in [6.07, 6.45) is 1.44. The Morgan fingerprint density at radius 1 is 1.21 bits per heavy atom. The number of hydrazone groups is 1. The van der Waals surface area contributed by atoms with E-state index < -0.39 is 4.92 Å². The summed E-state index contributed by atoms with van der Waals surface area (Å²) < 4.78 is 10.4. The number of benzene rings is 2. The number of hydrogen-bond acceptors (Lipinski definition) is 7. The van der Waals surface area contributed by atoms with E-state index in [1.165, 1.54) is 24.4 Å². The summed E-state index contributed by atoms with van der Waals surface area (Å²) in [7, 11) is 3.13. The van der Waals surface area contributed by atoms with E-state index in [9.17, 15) is 15.2 Å². The molecule has 0 bridgehead atoms. The van der Waals surface area contributed by atoms with Crippen molar-refractivity contribution in [1.82, 2.24) is 5.43 Å². The van der Waals surface area contributed by atoms with E-state index >= 15 is 0 Å². The molecule has 0 saturated heterocycles. The number of phenolic OH excluding ortho intramolecular Hbond substituents is 1. The van der Waals surface area contributed by atoms with Crippen LogP contribution in [0.25, 0.3) is 0 Å². The topological polar surface area (TPSA) is 106 Å². The van der Waals surface area contributed by atoms with Gasteiger partial charge in [-0.2, -0.15) is 5.10 Å². The first-order valence-corrected chi connectivity index (χ1v) is 6.99. The van der Waals surface area contributed by atoms with Crippen LogP contribution < -0.4 is 14.9 Å². The second-order valence-corrected chi connectivity index (χ2v) is 4.79. The molecule has 0 atom stereocenters. The largest absolute Gasteiger partial charge is 0.502 e. The first-order valence-electron chi connectivity index (χ1n) is 6.99. The third-order valence-corrected chi connectivity index (χ3v) is 3.23. The molecule has 2 rings (SSSR count). The van der Waals surface area contributed by atoms with Gasteiger partial charge in [0.25, 0.3) is 0 Å². The van der Waals surface area contributed by atoms with Crippen molar-refractivity contribution in [2.24, 2.45) is 5.10 Å². The molecule has 2 aromatic rings. The van der Waals surface area contributed by atoms with Crippen LogP contribution in [0, 0.1) is 10.1 Å². The maximum atomic E-state index is 10.8. The van der Waals surface area contributed by atoms with Gasteiger partial charge in [0.1, 0.15) is 0 Å². The zero-order chi connectivity index (χ0) is 17.5. The van der Waals surface area contributed by atoms with Crippen molar-refractivity contribution in [3.05, 3.63) is 57.6 Å². The van der Waals surface area contributed by atoms with E-state index in [0.29, 0.717) is 23.6 Å². The van der Waals surface area contributed by atoms with Gasteiger partial charge in [0.15, 0.2) is 17.2 Å². The third-order valence-electron chi connectivity index (χ3n) is 3.23. The summed E-state index contributed by atoms with van der Waals surface area (Å²) in [6.45, 7) is 0.441. The van der Waals surface area contributed by atoms with Gasteiger partial charge in [0.2, 0.25) is 0 Å². The van der Waals surface area contributed by atoms with Gasteiger partial charge in [-0.3, -0.25) is 10.1 Å². The maximum Gasteiger partial charge on any atom is 0.311 e. The molecule has 2 aromatic carbocycles.